The van der Waals surface area contributed by atoms with E-state index >= 15 is 0 Å². The molecule has 2 N–H and O–H groups in total. The second-order valence-corrected chi connectivity index (χ2v) is 2.84. The van der Waals surface area contributed by atoms with Gasteiger partial charge in [-0.3, -0.25) is 0 Å². The number of hydrogen-bond acceptors (Lipinski definition) is 7. The molecule has 0 atom stereocenters. The van der Waals surface area contributed by atoms with Crippen molar-refractivity contribution >= 4 is 5.82 Å². The molecule has 0 saturated carbocycles. The molecule has 2 heterocycles. The van der Waals surface area contributed by atoms with E-state index in [0.717, 1.165) is 0 Å². The summed E-state index contributed by atoms with van der Waals surface area (Å²) in [6, 6.07) is 0. The Morgan fingerprint density at radius 3 is 3.07 bits per heavy atom. The fourth-order valence-corrected chi connectivity index (χ4v) is 1.14. The van der Waals surface area contributed by atoms with Crippen LogP contribution in [0.2, 0.25) is 0 Å². The number of ether oxygens (including phenoxy) is 1. The smallest absolute Gasteiger partial charge is 0.199 e. The molecule has 0 spiro atoms. The lowest BCUT2D eigenvalue weighted by Crippen LogP contribution is -2.05. The van der Waals surface area contributed by atoms with Crippen LogP contribution < -0.4 is 5.73 Å². The Hall–Kier alpha value is -1.96. The Morgan fingerprint density at radius 1 is 1.53 bits per heavy atom. The molecule has 0 unspecified atom stereocenters. The molecule has 0 aliphatic rings. The Bertz CT molecular complexity index is 436. The van der Waals surface area contributed by atoms with Crippen molar-refractivity contribution < 1.29 is 9.37 Å². The van der Waals surface area contributed by atoms with E-state index < -0.39 is 0 Å². The molecule has 0 saturated heterocycles. The highest BCUT2D eigenvalue weighted by atomic mass is 16.6. The summed E-state index contributed by atoms with van der Waals surface area (Å²) in [5, 5.41) is 14.8. The van der Waals surface area contributed by atoms with Gasteiger partial charge in [0.25, 0.3) is 0 Å². The predicted octanol–water partition coefficient (Wildman–Crippen LogP) is -0.443. The highest BCUT2D eigenvalue weighted by Gasteiger charge is 2.15. The lowest BCUT2D eigenvalue weighted by Gasteiger charge is -2.02. The summed E-state index contributed by atoms with van der Waals surface area (Å²) in [6.07, 6.45) is 1.57. The lowest BCUT2D eigenvalue weighted by molar-refractivity contribution is 0.187. The van der Waals surface area contributed by atoms with Gasteiger partial charge in [-0.25, -0.2) is 4.63 Å². The van der Waals surface area contributed by atoms with E-state index in [4.69, 9.17) is 10.5 Å². The second-order valence-electron chi connectivity index (χ2n) is 2.84. The number of anilines is 1. The summed E-state index contributed by atoms with van der Waals surface area (Å²) >= 11 is 0. The van der Waals surface area contributed by atoms with Gasteiger partial charge in [0.15, 0.2) is 17.3 Å². The maximum Gasteiger partial charge on any atom is 0.199 e. The number of hydrogen-bond donors (Lipinski definition) is 1. The third kappa shape index (κ3) is 1.79. The summed E-state index contributed by atoms with van der Waals surface area (Å²) in [7, 11) is 1.62. The van der Waals surface area contributed by atoms with Crippen LogP contribution in [0.15, 0.2) is 11.0 Å². The minimum Gasteiger partial charge on any atom is -0.383 e. The molecule has 0 amide bonds. The number of nitrogens with two attached hydrogens (primary N) is 1. The molecule has 0 bridgehead atoms. The third-order valence-electron chi connectivity index (χ3n) is 1.88. The van der Waals surface area contributed by atoms with Crippen LogP contribution in [0.1, 0.15) is 0 Å². The summed E-state index contributed by atoms with van der Waals surface area (Å²) in [4.78, 5) is 0. The molecule has 0 aromatic carbocycles. The zero-order valence-corrected chi connectivity index (χ0v) is 8.12. The zero-order chi connectivity index (χ0) is 10.7. The van der Waals surface area contributed by atoms with Gasteiger partial charge in [-0.1, -0.05) is 0 Å². The molecular weight excluding hydrogens is 200 g/mol. The largest absolute Gasteiger partial charge is 0.383 e. The first-order valence-corrected chi connectivity index (χ1v) is 4.28. The van der Waals surface area contributed by atoms with Crippen LogP contribution in [0.5, 0.6) is 0 Å². The van der Waals surface area contributed by atoms with E-state index in [9.17, 15) is 0 Å². The SMILES string of the molecule is COCCn1cnnc1-c1nonc1N. The first-order chi connectivity index (χ1) is 7.33. The predicted molar refractivity (Wildman–Crippen MR) is 49.6 cm³/mol. The summed E-state index contributed by atoms with van der Waals surface area (Å²) in [5.74, 6) is 0.715. The Kier molecular flexibility index (Phi) is 2.59. The highest BCUT2D eigenvalue weighted by Crippen LogP contribution is 2.18. The van der Waals surface area contributed by atoms with Crippen LogP contribution in [0.25, 0.3) is 11.5 Å². The van der Waals surface area contributed by atoms with Crippen molar-refractivity contribution in [2.75, 3.05) is 19.5 Å². The number of rotatable bonds is 4. The molecule has 2 rings (SSSR count). The molecular formula is C7H10N6O2. The fraction of sp³-hybridized carbons (Fsp3) is 0.429. The summed E-state index contributed by atoms with van der Waals surface area (Å²) < 4.78 is 11.2. The van der Waals surface area contributed by atoms with Gasteiger partial charge in [-0.2, -0.15) is 0 Å². The van der Waals surface area contributed by atoms with Crippen LogP contribution in [0, 0.1) is 0 Å². The maximum atomic E-state index is 5.55. The Morgan fingerprint density at radius 2 is 2.40 bits per heavy atom. The molecule has 0 aliphatic heterocycles. The number of nitrogen functional groups attached to an aromatic ring is 1. The number of nitrogens with zero attached hydrogens (tertiary/aromatic N) is 5. The van der Waals surface area contributed by atoms with Gasteiger partial charge in [0, 0.05) is 13.7 Å². The molecule has 8 heteroatoms. The molecule has 2 aromatic rings. The molecule has 80 valence electrons. The standard InChI is InChI=1S/C7H10N6O2/c1-14-3-2-13-4-9-10-7(13)5-6(8)12-15-11-5/h4H,2-3H2,1H3,(H2,8,12). The fourth-order valence-electron chi connectivity index (χ4n) is 1.14. The van der Waals surface area contributed by atoms with E-state index in [0.29, 0.717) is 24.7 Å². The van der Waals surface area contributed by atoms with Gasteiger partial charge in [-0.05, 0) is 10.3 Å². The lowest BCUT2D eigenvalue weighted by atomic mass is 10.4. The minimum absolute atomic E-state index is 0.196. The molecule has 0 fully saturated rings. The third-order valence-corrected chi connectivity index (χ3v) is 1.88. The molecule has 2 aromatic heterocycles. The van der Waals surface area contributed by atoms with Crippen LogP contribution in [0.3, 0.4) is 0 Å². The van der Waals surface area contributed by atoms with Crippen molar-refractivity contribution in [1.29, 1.82) is 0 Å². The number of aromatic nitrogens is 5. The Labute approximate surface area is 85.0 Å². The molecule has 0 radical (unpaired) electrons. The number of methoxy groups -OCH3 is 1. The van der Waals surface area contributed by atoms with Crippen LogP contribution in [-0.4, -0.2) is 38.8 Å². The first-order valence-electron chi connectivity index (χ1n) is 4.28. The normalized spacial score (nSPS) is 10.7. The van der Waals surface area contributed by atoms with E-state index in [2.05, 4.69) is 25.1 Å². The van der Waals surface area contributed by atoms with Crippen LogP contribution in [-0.2, 0) is 11.3 Å². The highest BCUT2D eigenvalue weighted by molar-refractivity contribution is 5.61. The van der Waals surface area contributed by atoms with Gasteiger partial charge in [0.2, 0.25) is 0 Å². The van der Waals surface area contributed by atoms with Crippen molar-refractivity contribution in [3.8, 4) is 11.5 Å². The quantitative estimate of drug-likeness (QED) is 0.728. The summed E-state index contributed by atoms with van der Waals surface area (Å²) in [5.41, 5.74) is 5.94. The van der Waals surface area contributed by atoms with Crippen molar-refractivity contribution in [3.05, 3.63) is 6.33 Å². The maximum absolute atomic E-state index is 5.55. The van der Waals surface area contributed by atoms with Gasteiger partial charge in [0.05, 0.1) is 6.61 Å². The van der Waals surface area contributed by atoms with Gasteiger partial charge >= 0.3 is 0 Å². The molecule has 0 aliphatic carbocycles. The summed E-state index contributed by atoms with van der Waals surface area (Å²) in [6.45, 7) is 1.17. The average molecular weight is 210 g/mol. The Balaban J connectivity index is 2.29. The van der Waals surface area contributed by atoms with E-state index in [-0.39, 0.29) is 5.82 Å². The van der Waals surface area contributed by atoms with Crippen LogP contribution >= 0.6 is 0 Å². The average Bonchev–Trinajstić information content (AvgIpc) is 2.82. The van der Waals surface area contributed by atoms with Crippen molar-refractivity contribution in [3.63, 3.8) is 0 Å². The van der Waals surface area contributed by atoms with Crippen molar-refractivity contribution in [2.24, 2.45) is 0 Å². The first kappa shape index (κ1) is 9.59. The molecule has 15 heavy (non-hydrogen) atoms. The van der Waals surface area contributed by atoms with E-state index in [1.807, 2.05) is 0 Å². The van der Waals surface area contributed by atoms with Crippen LogP contribution in [0.4, 0.5) is 5.82 Å². The minimum atomic E-state index is 0.196. The van der Waals surface area contributed by atoms with Gasteiger partial charge in [-0.15, -0.1) is 10.2 Å². The monoisotopic (exact) mass is 210 g/mol. The van der Waals surface area contributed by atoms with Gasteiger partial charge in [0.1, 0.15) is 6.33 Å². The van der Waals surface area contributed by atoms with Crippen molar-refractivity contribution in [1.82, 2.24) is 25.1 Å². The zero-order valence-electron chi connectivity index (χ0n) is 8.12. The topological polar surface area (TPSA) is 105 Å². The van der Waals surface area contributed by atoms with E-state index in [1.165, 1.54) is 0 Å². The van der Waals surface area contributed by atoms with E-state index in [1.54, 1.807) is 18.0 Å². The van der Waals surface area contributed by atoms with Gasteiger partial charge < -0.3 is 15.0 Å². The molecule has 8 nitrogen and oxygen atoms in total. The second kappa shape index (κ2) is 4.05. The van der Waals surface area contributed by atoms with Crippen molar-refractivity contribution in [2.45, 2.75) is 6.54 Å².